The van der Waals surface area contributed by atoms with Crippen molar-refractivity contribution in [1.29, 1.82) is 0 Å². The molecule has 0 saturated heterocycles. The van der Waals surface area contributed by atoms with Gasteiger partial charge in [-0.2, -0.15) is 5.10 Å². The monoisotopic (exact) mass is 518 g/mol. The molecule has 152 valence electrons. The number of anilines is 2. The van der Waals surface area contributed by atoms with Crippen molar-refractivity contribution in [3.05, 3.63) is 75.4 Å². The van der Waals surface area contributed by atoms with E-state index in [1.807, 2.05) is 46.9 Å². The van der Waals surface area contributed by atoms with E-state index < -0.39 is 11.8 Å². The maximum Gasteiger partial charge on any atom is 0.339 e. The fourth-order valence-corrected chi connectivity index (χ4v) is 3.52. The number of benzene rings is 2. The van der Waals surface area contributed by atoms with E-state index in [2.05, 4.69) is 15.4 Å². The Balaban J connectivity index is 1.76. The van der Waals surface area contributed by atoms with Crippen molar-refractivity contribution in [3.8, 4) is 5.75 Å². The van der Waals surface area contributed by atoms with Gasteiger partial charge in [0.1, 0.15) is 17.1 Å². The van der Waals surface area contributed by atoms with Gasteiger partial charge in [-0.3, -0.25) is 0 Å². The van der Waals surface area contributed by atoms with Crippen LogP contribution in [0.15, 0.2) is 54.9 Å². The van der Waals surface area contributed by atoms with Crippen LogP contribution in [0.4, 0.5) is 15.8 Å². The fraction of sp³-hybridized carbons (Fsp3) is 0.0952. The number of aromatic nitrogens is 3. The van der Waals surface area contributed by atoms with E-state index in [-0.39, 0.29) is 16.9 Å². The summed E-state index contributed by atoms with van der Waals surface area (Å²) >= 11 is 2.01. The molecule has 2 N–H and O–H groups in total. The average Bonchev–Trinajstić information content (AvgIpc) is 3.13. The third-order valence-electron chi connectivity index (χ3n) is 4.58. The predicted octanol–water partition coefficient (Wildman–Crippen LogP) is 4.67. The van der Waals surface area contributed by atoms with Gasteiger partial charge in [-0.1, -0.05) is 12.1 Å². The molecule has 2 aromatic heterocycles. The van der Waals surface area contributed by atoms with E-state index in [0.29, 0.717) is 17.6 Å². The van der Waals surface area contributed by atoms with Gasteiger partial charge < -0.3 is 15.2 Å². The molecule has 0 amide bonds. The lowest BCUT2D eigenvalue weighted by atomic mass is 10.1. The normalized spacial score (nSPS) is 10.9. The molecule has 0 atom stereocenters. The zero-order chi connectivity index (χ0) is 21.3. The Bertz CT molecular complexity index is 1240. The molecular formula is C21H16FIN4O3. The summed E-state index contributed by atoms with van der Waals surface area (Å²) in [6.07, 6.45) is 2.79. The summed E-state index contributed by atoms with van der Waals surface area (Å²) in [5.41, 5.74) is 1.82. The molecule has 0 aliphatic rings. The number of pyridine rings is 1. The Kier molecular flexibility index (Phi) is 5.53. The van der Waals surface area contributed by atoms with Gasteiger partial charge in [0, 0.05) is 9.77 Å². The quantitative estimate of drug-likeness (QED) is 0.361. The summed E-state index contributed by atoms with van der Waals surface area (Å²) in [6.45, 7) is 0.435. The number of rotatable bonds is 6. The van der Waals surface area contributed by atoms with Gasteiger partial charge in [0.15, 0.2) is 5.65 Å². The van der Waals surface area contributed by atoms with Crippen LogP contribution < -0.4 is 10.1 Å². The number of fused-ring (bicyclic) bond motifs is 1. The molecule has 4 rings (SSSR count). The van der Waals surface area contributed by atoms with Crippen LogP contribution in [-0.2, 0) is 6.54 Å². The van der Waals surface area contributed by atoms with Crippen LogP contribution in [0, 0.1) is 9.39 Å². The lowest BCUT2D eigenvalue weighted by Crippen LogP contribution is -2.07. The number of hydrogen-bond acceptors (Lipinski definition) is 5. The number of nitrogens with zero attached hydrogens (tertiary/aromatic N) is 3. The summed E-state index contributed by atoms with van der Waals surface area (Å²) in [6, 6.07) is 12.2. The number of halogens is 2. The van der Waals surface area contributed by atoms with Crippen LogP contribution in [-0.4, -0.2) is 33.0 Å². The van der Waals surface area contributed by atoms with Crippen molar-refractivity contribution in [3.63, 3.8) is 0 Å². The van der Waals surface area contributed by atoms with Crippen molar-refractivity contribution < 1.29 is 19.0 Å². The number of hydrogen-bond donors (Lipinski definition) is 2. The smallest absolute Gasteiger partial charge is 0.339 e. The molecule has 0 radical (unpaired) electrons. The van der Waals surface area contributed by atoms with Crippen molar-refractivity contribution >= 4 is 51.0 Å². The van der Waals surface area contributed by atoms with Crippen LogP contribution in [0.1, 0.15) is 15.9 Å². The van der Waals surface area contributed by atoms with Crippen molar-refractivity contribution in [1.82, 2.24) is 14.8 Å². The Morgan fingerprint density at radius 3 is 2.67 bits per heavy atom. The van der Waals surface area contributed by atoms with Gasteiger partial charge in [-0.15, -0.1) is 0 Å². The van der Waals surface area contributed by atoms with Crippen LogP contribution in [0.25, 0.3) is 11.0 Å². The van der Waals surface area contributed by atoms with Crippen molar-refractivity contribution in [2.24, 2.45) is 0 Å². The van der Waals surface area contributed by atoms with E-state index in [1.54, 1.807) is 23.9 Å². The molecule has 0 saturated carbocycles. The fourth-order valence-electron chi connectivity index (χ4n) is 3.07. The molecule has 2 heterocycles. The molecule has 9 heteroatoms. The topological polar surface area (TPSA) is 89.3 Å². The molecule has 4 aromatic rings. The summed E-state index contributed by atoms with van der Waals surface area (Å²) in [7, 11) is 1.60. The summed E-state index contributed by atoms with van der Waals surface area (Å²) in [5, 5.41) is 17.4. The Morgan fingerprint density at radius 1 is 1.23 bits per heavy atom. The number of aromatic carboxylic acids is 1. The van der Waals surface area contributed by atoms with Gasteiger partial charge in [0.25, 0.3) is 0 Å². The van der Waals surface area contributed by atoms with E-state index in [9.17, 15) is 14.3 Å². The highest BCUT2D eigenvalue weighted by molar-refractivity contribution is 14.1. The maximum absolute atomic E-state index is 14.4. The summed E-state index contributed by atoms with van der Waals surface area (Å²) < 4.78 is 21.9. The minimum atomic E-state index is -1.17. The first-order chi connectivity index (χ1) is 14.5. The Hall–Kier alpha value is -3.21. The highest BCUT2D eigenvalue weighted by atomic mass is 127. The van der Waals surface area contributed by atoms with E-state index >= 15 is 0 Å². The molecule has 0 aliphatic heterocycles. The highest BCUT2D eigenvalue weighted by Gasteiger charge is 2.19. The van der Waals surface area contributed by atoms with Gasteiger partial charge >= 0.3 is 5.97 Å². The third kappa shape index (κ3) is 3.92. The highest BCUT2D eigenvalue weighted by Crippen LogP contribution is 2.31. The Morgan fingerprint density at radius 2 is 2.00 bits per heavy atom. The van der Waals surface area contributed by atoms with Crippen LogP contribution in [0.3, 0.4) is 0 Å². The molecule has 30 heavy (non-hydrogen) atoms. The molecule has 7 nitrogen and oxygen atoms in total. The molecule has 0 aliphatic carbocycles. The molecule has 0 unspecified atom stereocenters. The van der Waals surface area contributed by atoms with E-state index in [0.717, 1.165) is 14.9 Å². The number of carbonyl (C=O) groups is 1. The zero-order valence-electron chi connectivity index (χ0n) is 15.8. The molecule has 0 bridgehead atoms. The summed E-state index contributed by atoms with van der Waals surface area (Å²) in [5.74, 6) is -0.895. The summed E-state index contributed by atoms with van der Waals surface area (Å²) in [4.78, 5) is 16.0. The lowest BCUT2D eigenvalue weighted by Gasteiger charge is -2.12. The predicted molar refractivity (Wildman–Crippen MR) is 119 cm³/mol. The number of carboxylic acids is 1. The van der Waals surface area contributed by atoms with Gasteiger partial charge in [0.05, 0.1) is 36.6 Å². The SMILES string of the molecule is COc1ccc(Cn2ncc3c(Nc4ccc(I)cc4F)c(C(=O)O)cnc32)cc1. The largest absolute Gasteiger partial charge is 0.497 e. The van der Waals surface area contributed by atoms with Gasteiger partial charge in [-0.05, 0) is 58.5 Å². The van der Waals surface area contributed by atoms with E-state index in [1.165, 1.54) is 18.5 Å². The van der Waals surface area contributed by atoms with E-state index in [4.69, 9.17) is 4.74 Å². The second kappa shape index (κ2) is 8.27. The average molecular weight is 518 g/mol. The number of ether oxygens (including phenoxy) is 1. The number of nitrogens with one attached hydrogen (secondary N) is 1. The zero-order valence-corrected chi connectivity index (χ0v) is 17.9. The Labute approximate surface area is 184 Å². The van der Waals surface area contributed by atoms with Crippen LogP contribution in [0.5, 0.6) is 5.75 Å². The van der Waals surface area contributed by atoms with Gasteiger partial charge in [-0.25, -0.2) is 18.9 Å². The van der Waals surface area contributed by atoms with Crippen LogP contribution in [0.2, 0.25) is 0 Å². The lowest BCUT2D eigenvalue weighted by molar-refractivity contribution is 0.0697. The second-order valence-corrected chi connectivity index (χ2v) is 7.73. The standard InChI is InChI=1S/C21H16FIN4O3/c1-30-14-5-2-12(3-6-14)11-27-20-15(10-25-27)19(16(9-24-20)21(28)29)26-18-7-4-13(23)8-17(18)22/h2-10H,11H2,1H3,(H,24,26)(H,28,29). The third-order valence-corrected chi connectivity index (χ3v) is 5.25. The first kappa shape index (κ1) is 20.1. The maximum atomic E-state index is 14.4. The van der Waals surface area contributed by atoms with Crippen molar-refractivity contribution in [2.45, 2.75) is 6.54 Å². The molecule has 0 fully saturated rings. The number of methoxy groups -OCH3 is 1. The molecule has 2 aromatic carbocycles. The second-order valence-electron chi connectivity index (χ2n) is 6.49. The minimum Gasteiger partial charge on any atom is -0.497 e. The first-order valence-electron chi connectivity index (χ1n) is 8.89. The minimum absolute atomic E-state index is 0.0653. The van der Waals surface area contributed by atoms with Crippen molar-refractivity contribution in [2.75, 3.05) is 12.4 Å². The first-order valence-corrected chi connectivity index (χ1v) is 9.97. The number of carboxylic acid groups (broad SMARTS) is 1. The van der Waals surface area contributed by atoms with Crippen LogP contribution >= 0.6 is 22.6 Å². The van der Waals surface area contributed by atoms with Gasteiger partial charge in [0.2, 0.25) is 0 Å². The molecular weight excluding hydrogens is 502 g/mol. The molecule has 0 spiro atoms.